The van der Waals surface area contributed by atoms with E-state index in [1.165, 1.54) is 12.1 Å². The predicted octanol–water partition coefficient (Wildman–Crippen LogP) is 2.01. The maximum atomic E-state index is 12.7. The zero-order valence-electron chi connectivity index (χ0n) is 11.3. The van der Waals surface area contributed by atoms with Gasteiger partial charge in [0.2, 0.25) is 5.91 Å². The Bertz CT molecular complexity index is 419. The van der Waals surface area contributed by atoms with Crippen molar-refractivity contribution in [1.29, 1.82) is 0 Å². The summed E-state index contributed by atoms with van der Waals surface area (Å²) >= 11 is 0. The van der Waals surface area contributed by atoms with Gasteiger partial charge in [-0.05, 0) is 50.4 Å². The molecule has 1 saturated heterocycles. The van der Waals surface area contributed by atoms with E-state index in [1.54, 1.807) is 12.1 Å². The predicted molar refractivity (Wildman–Crippen MR) is 73.4 cm³/mol. The average Bonchev–Trinajstić information content (AvgIpc) is 2.38. The van der Waals surface area contributed by atoms with Gasteiger partial charge < -0.3 is 10.6 Å². The van der Waals surface area contributed by atoms with Gasteiger partial charge >= 0.3 is 0 Å². The summed E-state index contributed by atoms with van der Waals surface area (Å²) in [5.74, 6) is -0.152. The number of carbonyl (C=O) groups is 1. The van der Waals surface area contributed by atoms with E-state index < -0.39 is 0 Å². The van der Waals surface area contributed by atoms with Crippen LogP contribution in [0.1, 0.15) is 31.7 Å². The summed E-state index contributed by atoms with van der Waals surface area (Å²) in [6.07, 6.45) is 3.10. The molecule has 0 aromatic heterocycles. The van der Waals surface area contributed by atoms with Crippen LogP contribution in [-0.2, 0) is 11.2 Å². The molecule has 19 heavy (non-hydrogen) atoms. The van der Waals surface area contributed by atoms with E-state index in [1.807, 2.05) is 0 Å². The lowest BCUT2D eigenvalue weighted by Crippen LogP contribution is -2.46. The summed E-state index contributed by atoms with van der Waals surface area (Å²) in [6.45, 7) is 3.10. The molecule has 1 aromatic rings. The molecule has 2 atom stereocenters. The van der Waals surface area contributed by atoms with Crippen LogP contribution in [0.15, 0.2) is 24.3 Å². The Balaban J connectivity index is 1.73. The molecule has 1 aliphatic heterocycles. The molecule has 0 aliphatic carbocycles. The summed E-state index contributed by atoms with van der Waals surface area (Å²) in [5.41, 5.74) is 0.996. The lowest BCUT2D eigenvalue weighted by atomic mass is 10.0. The van der Waals surface area contributed by atoms with Crippen molar-refractivity contribution < 1.29 is 9.18 Å². The van der Waals surface area contributed by atoms with E-state index >= 15 is 0 Å². The van der Waals surface area contributed by atoms with Crippen LogP contribution in [0, 0.1) is 5.82 Å². The van der Waals surface area contributed by atoms with Crippen LogP contribution < -0.4 is 10.6 Å². The maximum absolute atomic E-state index is 12.7. The molecule has 1 aromatic carbocycles. The number of benzene rings is 1. The molecular weight excluding hydrogens is 243 g/mol. The van der Waals surface area contributed by atoms with Crippen LogP contribution in [0.5, 0.6) is 0 Å². The molecule has 1 fully saturated rings. The fourth-order valence-corrected chi connectivity index (χ4v) is 2.47. The molecule has 0 spiro atoms. The molecule has 0 radical (unpaired) electrons. The summed E-state index contributed by atoms with van der Waals surface area (Å²) in [7, 11) is 0. The number of hydrogen-bond donors (Lipinski definition) is 2. The zero-order valence-corrected chi connectivity index (χ0v) is 11.3. The second-order valence-corrected chi connectivity index (χ2v) is 5.27. The Morgan fingerprint density at radius 1 is 1.42 bits per heavy atom. The Morgan fingerprint density at radius 2 is 2.16 bits per heavy atom. The number of nitrogens with one attached hydrogen (secondary N) is 2. The second-order valence-electron chi connectivity index (χ2n) is 5.27. The van der Waals surface area contributed by atoms with Gasteiger partial charge in [0.05, 0.1) is 0 Å². The highest BCUT2D eigenvalue weighted by atomic mass is 19.1. The van der Waals surface area contributed by atoms with Crippen molar-refractivity contribution in [1.82, 2.24) is 10.6 Å². The SMILES string of the molecule is CC1CC(NC(=O)CCc2ccc(F)cc2)CCN1. The molecule has 2 unspecified atom stereocenters. The molecule has 0 saturated carbocycles. The van der Waals surface area contributed by atoms with Gasteiger partial charge in [-0.1, -0.05) is 12.1 Å². The first kappa shape index (κ1) is 14.0. The van der Waals surface area contributed by atoms with Gasteiger partial charge in [-0.15, -0.1) is 0 Å². The van der Waals surface area contributed by atoms with Crippen LogP contribution in [0.4, 0.5) is 4.39 Å². The Morgan fingerprint density at radius 3 is 2.84 bits per heavy atom. The first-order chi connectivity index (χ1) is 9.13. The van der Waals surface area contributed by atoms with E-state index in [0.717, 1.165) is 24.9 Å². The Hall–Kier alpha value is -1.42. The molecule has 1 aliphatic rings. The smallest absolute Gasteiger partial charge is 0.220 e. The topological polar surface area (TPSA) is 41.1 Å². The van der Waals surface area contributed by atoms with Crippen LogP contribution in [0.25, 0.3) is 0 Å². The fraction of sp³-hybridized carbons (Fsp3) is 0.533. The molecule has 1 amide bonds. The molecule has 4 heteroatoms. The minimum Gasteiger partial charge on any atom is -0.353 e. The highest BCUT2D eigenvalue weighted by molar-refractivity contribution is 5.76. The number of carbonyl (C=O) groups excluding carboxylic acids is 1. The lowest BCUT2D eigenvalue weighted by molar-refractivity contribution is -0.122. The van der Waals surface area contributed by atoms with E-state index in [9.17, 15) is 9.18 Å². The van der Waals surface area contributed by atoms with Crippen LogP contribution in [0.3, 0.4) is 0 Å². The normalized spacial score (nSPS) is 23.1. The van der Waals surface area contributed by atoms with Crippen molar-refractivity contribution in [3.05, 3.63) is 35.6 Å². The van der Waals surface area contributed by atoms with Gasteiger partial charge in [0, 0.05) is 18.5 Å². The maximum Gasteiger partial charge on any atom is 0.220 e. The minimum absolute atomic E-state index is 0.0865. The number of rotatable bonds is 4. The van der Waals surface area contributed by atoms with Crippen molar-refractivity contribution in [2.75, 3.05) is 6.54 Å². The number of piperidine rings is 1. The third kappa shape index (κ3) is 4.63. The highest BCUT2D eigenvalue weighted by Crippen LogP contribution is 2.09. The van der Waals surface area contributed by atoms with Crippen molar-refractivity contribution in [2.24, 2.45) is 0 Å². The lowest BCUT2D eigenvalue weighted by Gasteiger charge is -2.28. The van der Waals surface area contributed by atoms with Crippen molar-refractivity contribution in [2.45, 2.75) is 44.7 Å². The monoisotopic (exact) mass is 264 g/mol. The Labute approximate surface area is 113 Å². The number of halogens is 1. The van der Waals surface area contributed by atoms with Gasteiger partial charge in [0.25, 0.3) is 0 Å². The standard InChI is InChI=1S/C15H21FN2O/c1-11-10-14(8-9-17-11)18-15(19)7-4-12-2-5-13(16)6-3-12/h2-3,5-6,11,14,17H,4,7-10H2,1H3,(H,18,19). The number of amides is 1. The summed E-state index contributed by atoms with van der Waals surface area (Å²) in [4.78, 5) is 11.9. The van der Waals surface area contributed by atoms with E-state index in [-0.39, 0.29) is 17.8 Å². The third-order valence-corrected chi connectivity index (χ3v) is 3.54. The van der Waals surface area contributed by atoms with Crippen molar-refractivity contribution in [3.8, 4) is 0 Å². The molecular formula is C15H21FN2O. The molecule has 3 nitrogen and oxygen atoms in total. The minimum atomic E-state index is -0.239. The van der Waals surface area contributed by atoms with Crippen LogP contribution in [-0.4, -0.2) is 24.5 Å². The molecule has 2 N–H and O–H groups in total. The first-order valence-electron chi connectivity index (χ1n) is 6.90. The highest BCUT2D eigenvalue weighted by Gasteiger charge is 2.19. The zero-order chi connectivity index (χ0) is 13.7. The summed E-state index contributed by atoms with van der Waals surface area (Å²) in [5, 5.41) is 6.44. The van der Waals surface area contributed by atoms with Crippen molar-refractivity contribution >= 4 is 5.91 Å². The van der Waals surface area contributed by atoms with Crippen LogP contribution in [0.2, 0.25) is 0 Å². The van der Waals surface area contributed by atoms with Gasteiger partial charge in [0.1, 0.15) is 5.82 Å². The molecule has 1 heterocycles. The van der Waals surface area contributed by atoms with Gasteiger partial charge in [0.15, 0.2) is 0 Å². The van der Waals surface area contributed by atoms with Gasteiger partial charge in [-0.3, -0.25) is 4.79 Å². The molecule has 104 valence electrons. The fourth-order valence-electron chi connectivity index (χ4n) is 2.47. The van der Waals surface area contributed by atoms with Gasteiger partial charge in [-0.2, -0.15) is 0 Å². The quantitative estimate of drug-likeness (QED) is 0.873. The van der Waals surface area contributed by atoms with Crippen molar-refractivity contribution in [3.63, 3.8) is 0 Å². The number of aryl methyl sites for hydroxylation is 1. The van der Waals surface area contributed by atoms with Crippen LogP contribution >= 0.6 is 0 Å². The van der Waals surface area contributed by atoms with E-state index in [0.29, 0.717) is 18.9 Å². The second kappa shape index (κ2) is 6.66. The van der Waals surface area contributed by atoms with Gasteiger partial charge in [-0.25, -0.2) is 4.39 Å². The molecule has 2 rings (SSSR count). The first-order valence-corrected chi connectivity index (χ1v) is 6.90. The van der Waals surface area contributed by atoms with E-state index in [2.05, 4.69) is 17.6 Å². The Kier molecular flexibility index (Phi) is 4.91. The number of hydrogen-bond acceptors (Lipinski definition) is 2. The van der Waals surface area contributed by atoms with E-state index in [4.69, 9.17) is 0 Å². The summed E-state index contributed by atoms with van der Waals surface area (Å²) < 4.78 is 12.7. The molecule has 0 bridgehead atoms. The summed E-state index contributed by atoms with van der Waals surface area (Å²) in [6, 6.07) is 7.08. The third-order valence-electron chi connectivity index (χ3n) is 3.54. The average molecular weight is 264 g/mol. The largest absolute Gasteiger partial charge is 0.353 e.